The second-order valence-electron chi connectivity index (χ2n) is 13.5. The van der Waals surface area contributed by atoms with Crippen LogP contribution in [0.1, 0.15) is 106 Å². The van der Waals surface area contributed by atoms with Crippen molar-refractivity contribution in [2.24, 2.45) is 45.3 Å². The smallest absolute Gasteiger partial charge is 0.307 e. The maximum atomic E-state index is 11.4. The van der Waals surface area contributed by atoms with Crippen LogP contribution >= 0.6 is 0 Å². The molecule has 2 N–H and O–H groups in total. The van der Waals surface area contributed by atoms with Crippen LogP contribution in [0.4, 0.5) is 0 Å². The number of hydrogen-bond acceptors (Lipinski definition) is 2. The Bertz CT molecular complexity index is 836. The Morgan fingerprint density at radius 3 is 2.45 bits per heavy atom. The molecule has 4 aliphatic carbocycles. The van der Waals surface area contributed by atoms with Crippen LogP contribution in [0.15, 0.2) is 24.3 Å². The van der Waals surface area contributed by atoms with E-state index >= 15 is 0 Å². The fraction of sp³-hybridized carbons (Fsp3) is 0.833. The molecule has 4 saturated carbocycles. The van der Waals surface area contributed by atoms with Gasteiger partial charge in [-0.05, 0) is 117 Å². The Balaban J connectivity index is 1.57. The van der Waals surface area contributed by atoms with Crippen LogP contribution in [0.25, 0.3) is 0 Å². The molecular formula is C30H48O3. The summed E-state index contributed by atoms with van der Waals surface area (Å²) < 4.78 is 0. The summed E-state index contributed by atoms with van der Waals surface area (Å²) in [6, 6.07) is 0. The van der Waals surface area contributed by atoms with E-state index < -0.39 is 11.6 Å². The fourth-order valence-corrected chi connectivity index (χ4v) is 10.1. The van der Waals surface area contributed by atoms with E-state index in [0.717, 1.165) is 30.3 Å². The first-order valence-corrected chi connectivity index (χ1v) is 13.6. The van der Waals surface area contributed by atoms with E-state index in [1.807, 2.05) is 19.9 Å². The number of rotatable bonds is 8. The van der Waals surface area contributed by atoms with Crippen molar-refractivity contribution in [2.45, 2.75) is 111 Å². The Morgan fingerprint density at radius 1 is 1.15 bits per heavy atom. The van der Waals surface area contributed by atoms with Crippen LogP contribution in [-0.4, -0.2) is 21.8 Å². The van der Waals surface area contributed by atoms with Gasteiger partial charge in [0.25, 0.3) is 0 Å². The summed E-state index contributed by atoms with van der Waals surface area (Å²) in [7, 11) is 0. The van der Waals surface area contributed by atoms with Crippen LogP contribution in [-0.2, 0) is 4.79 Å². The summed E-state index contributed by atoms with van der Waals surface area (Å²) in [6.45, 7) is 18.0. The number of carboxylic acids is 1. The topological polar surface area (TPSA) is 57.5 Å². The lowest BCUT2D eigenvalue weighted by molar-refractivity contribution is -0.137. The minimum absolute atomic E-state index is 0.139. The van der Waals surface area contributed by atoms with E-state index in [1.54, 1.807) is 0 Å². The van der Waals surface area contributed by atoms with Crippen LogP contribution in [0, 0.1) is 45.3 Å². The highest BCUT2D eigenvalue weighted by Crippen LogP contribution is 2.87. The van der Waals surface area contributed by atoms with E-state index in [-0.39, 0.29) is 6.42 Å². The van der Waals surface area contributed by atoms with Crippen LogP contribution in [0.2, 0.25) is 0 Å². The standard InChI is InChI=1S/C30H48O3/c1-8-29-19-30(29)17-16-27(6)22(20(2)10-9-14-26(4,5)33)13-15-28(27,7)24(30)12-11-23(29)21(3)18-25(31)32/h9,14,20,22-24,33H,3,8,10-13,15-19H2,1-2,4-7H3,(H,31,32)/b14-9+/t20-,22-,23+,24+,27-,28+,29-,30+/m1/s1. The molecule has 33 heavy (non-hydrogen) atoms. The Hall–Kier alpha value is -1.09. The van der Waals surface area contributed by atoms with Crippen molar-refractivity contribution in [3.05, 3.63) is 24.3 Å². The van der Waals surface area contributed by atoms with E-state index in [2.05, 4.69) is 40.3 Å². The van der Waals surface area contributed by atoms with E-state index in [1.165, 1.54) is 44.9 Å². The number of fused-ring (bicyclic) bond motifs is 2. The van der Waals surface area contributed by atoms with Crippen molar-refractivity contribution in [1.29, 1.82) is 0 Å². The first kappa shape index (κ1) is 25.0. The average molecular weight is 457 g/mol. The maximum absolute atomic E-state index is 11.4. The highest BCUT2D eigenvalue weighted by Gasteiger charge is 2.79. The first-order valence-electron chi connectivity index (χ1n) is 13.6. The molecule has 0 saturated heterocycles. The Labute approximate surface area is 202 Å². The number of carboxylic acid groups (broad SMARTS) is 1. The largest absolute Gasteiger partial charge is 0.481 e. The van der Waals surface area contributed by atoms with Gasteiger partial charge in [-0.3, -0.25) is 4.79 Å². The molecule has 0 bridgehead atoms. The highest BCUT2D eigenvalue weighted by atomic mass is 16.4. The van der Waals surface area contributed by atoms with Gasteiger partial charge in [-0.15, -0.1) is 0 Å². The Kier molecular flexibility index (Phi) is 6.04. The zero-order chi connectivity index (χ0) is 24.4. The molecule has 3 heteroatoms. The molecule has 0 aromatic carbocycles. The Morgan fingerprint density at radius 2 is 1.85 bits per heavy atom. The summed E-state index contributed by atoms with van der Waals surface area (Å²) in [6.07, 6.45) is 15.5. The van der Waals surface area contributed by atoms with Gasteiger partial charge in [0.15, 0.2) is 0 Å². The maximum Gasteiger partial charge on any atom is 0.307 e. The molecule has 0 aliphatic heterocycles. The predicted molar refractivity (Wildman–Crippen MR) is 135 cm³/mol. The third-order valence-electron chi connectivity index (χ3n) is 11.8. The molecule has 3 nitrogen and oxygen atoms in total. The monoisotopic (exact) mass is 456 g/mol. The van der Waals surface area contributed by atoms with Gasteiger partial charge in [-0.25, -0.2) is 0 Å². The molecule has 0 radical (unpaired) electrons. The van der Waals surface area contributed by atoms with Crippen LogP contribution in [0.3, 0.4) is 0 Å². The second-order valence-corrected chi connectivity index (χ2v) is 13.5. The molecular weight excluding hydrogens is 408 g/mol. The lowest BCUT2D eigenvalue weighted by Gasteiger charge is -2.61. The van der Waals surface area contributed by atoms with Crippen molar-refractivity contribution in [3.8, 4) is 0 Å². The predicted octanol–water partition coefficient (Wildman–Crippen LogP) is 7.40. The van der Waals surface area contributed by atoms with Crippen molar-refractivity contribution < 1.29 is 15.0 Å². The molecule has 0 unspecified atom stereocenters. The number of hydrogen-bond donors (Lipinski definition) is 2. The third-order valence-corrected chi connectivity index (χ3v) is 11.8. The normalized spacial score (nSPS) is 45.2. The zero-order valence-electron chi connectivity index (χ0n) is 22.0. The average Bonchev–Trinajstić information content (AvgIpc) is 3.30. The number of aliphatic hydroxyl groups is 1. The fourth-order valence-electron chi connectivity index (χ4n) is 10.1. The molecule has 0 amide bonds. The molecule has 4 rings (SSSR count). The summed E-state index contributed by atoms with van der Waals surface area (Å²) in [5, 5.41) is 19.5. The summed E-state index contributed by atoms with van der Waals surface area (Å²) in [4.78, 5) is 11.4. The molecule has 8 atom stereocenters. The van der Waals surface area contributed by atoms with Gasteiger partial charge in [-0.2, -0.15) is 0 Å². The summed E-state index contributed by atoms with van der Waals surface area (Å²) >= 11 is 0. The van der Waals surface area contributed by atoms with E-state index in [9.17, 15) is 15.0 Å². The molecule has 4 aliphatic rings. The van der Waals surface area contributed by atoms with Crippen LogP contribution < -0.4 is 0 Å². The summed E-state index contributed by atoms with van der Waals surface area (Å²) in [5.74, 6) is 1.80. The summed E-state index contributed by atoms with van der Waals surface area (Å²) in [5.41, 5.74) is 1.71. The van der Waals surface area contributed by atoms with Crippen molar-refractivity contribution in [2.75, 3.05) is 0 Å². The number of allylic oxidation sites excluding steroid dienone is 1. The lowest BCUT2D eigenvalue weighted by Crippen LogP contribution is -2.54. The first-order chi connectivity index (χ1) is 15.3. The molecule has 0 aromatic rings. The van der Waals surface area contributed by atoms with Gasteiger partial charge in [0, 0.05) is 0 Å². The quantitative estimate of drug-likeness (QED) is 0.374. The number of carbonyl (C=O) groups is 1. The van der Waals surface area contributed by atoms with Gasteiger partial charge < -0.3 is 10.2 Å². The molecule has 0 aromatic heterocycles. The highest BCUT2D eigenvalue weighted by molar-refractivity contribution is 5.70. The van der Waals surface area contributed by atoms with Crippen LogP contribution in [0.5, 0.6) is 0 Å². The molecule has 4 fully saturated rings. The lowest BCUT2D eigenvalue weighted by atomic mass is 9.43. The van der Waals surface area contributed by atoms with Gasteiger partial charge >= 0.3 is 5.97 Å². The molecule has 1 spiro atoms. The van der Waals surface area contributed by atoms with Crippen molar-refractivity contribution in [3.63, 3.8) is 0 Å². The minimum atomic E-state index is -0.732. The number of aliphatic carboxylic acids is 1. The minimum Gasteiger partial charge on any atom is -0.481 e. The van der Waals surface area contributed by atoms with Crippen molar-refractivity contribution in [1.82, 2.24) is 0 Å². The van der Waals surface area contributed by atoms with Crippen molar-refractivity contribution >= 4 is 5.97 Å². The zero-order valence-corrected chi connectivity index (χ0v) is 22.0. The van der Waals surface area contributed by atoms with E-state index in [0.29, 0.717) is 33.5 Å². The van der Waals surface area contributed by atoms with Gasteiger partial charge in [0.1, 0.15) is 0 Å². The molecule has 0 heterocycles. The van der Waals surface area contributed by atoms with Gasteiger partial charge in [-0.1, -0.05) is 52.0 Å². The molecule has 186 valence electrons. The third kappa shape index (κ3) is 3.58. The van der Waals surface area contributed by atoms with Gasteiger partial charge in [0.05, 0.1) is 12.0 Å². The SMILES string of the molecule is C=C(CC(=O)O)[C@@H]1CC[C@@H]2[C@]3(CC[C@]4(C)[C@@H]([C@H](C)C/C=C/C(C)(C)O)CC[C@@]24C)C[C@]13CC. The van der Waals surface area contributed by atoms with Gasteiger partial charge in [0.2, 0.25) is 0 Å². The van der Waals surface area contributed by atoms with E-state index in [4.69, 9.17) is 0 Å². The second kappa shape index (κ2) is 7.97.